The highest BCUT2D eigenvalue weighted by molar-refractivity contribution is 8.26. The van der Waals surface area contributed by atoms with Gasteiger partial charge in [-0.05, 0) is 24.6 Å². The molecule has 2 amide bonds. The predicted octanol–water partition coefficient (Wildman–Crippen LogP) is 2.07. The Morgan fingerprint density at radius 2 is 2.07 bits per heavy atom. The first-order chi connectivity index (χ1) is 13.2. The Morgan fingerprint density at radius 1 is 1.39 bits per heavy atom. The van der Waals surface area contributed by atoms with Gasteiger partial charge in [-0.3, -0.25) is 24.6 Å². The van der Waals surface area contributed by atoms with Crippen LogP contribution in [-0.4, -0.2) is 43.1 Å². The molecule has 0 bridgehead atoms. The Hall–Kier alpha value is -3.05. The number of carbonyl (C=O) groups excluding carboxylic acids is 2. The van der Waals surface area contributed by atoms with E-state index in [0.717, 1.165) is 16.7 Å². The lowest BCUT2D eigenvalue weighted by atomic mass is 10.1. The molecule has 2 rings (SSSR count). The molecule has 9 nitrogen and oxygen atoms in total. The minimum atomic E-state index is -1.30. The van der Waals surface area contributed by atoms with Crippen molar-refractivity contribution in [1.29, 1.82) is 0 Å². The number of amides is 2. The van der Waals surface area contributed by atoms with Crippen molar-refractivity contribution in [2.75, 3.05) is 0 Å². The van der Waals surface area contributed by atoms with E-state index in [1.54, 1.807) is 18.2 Å². The van der Waals surface area contributed by atoms with Gasteiger partial charge in [-0.1, -0.05) is 42.2 Å². The van der Waals surface area contributed by atoms with Crippen molar-refractivity contribution in [3.63, 3.8) is 0 Å². The number of benzene rings is 1. The van der Waals surface area contributed by atoms with E-state index in [2.05, 4.69) is 0 Å². The van der Waals surface area contributed by atoms with Gasteiger partial charge in [-0.25, -0.2) is 4.79 Å². The summed E-state index contributed by atoms with van der Waals surface area (Å²) in [4.78, 5) is 46.6. The molecule has 1 unspecified atom stereocenters. The SMILES string of the molecule is NC(=O)CCC(C(=O)O)N1C(=O)/C(=C/C=C/c2ccccc2[N+](=O)[O-])SC1=S. The number of hydrogen-bond donors (Lipinski definition) is 2. The van der Waals surface area contributed by atoms with E-state index < -0.39 is 28.7 Å². The number of thioether (sulfide) groups is 1. The smallest absolute Gasteiger partial charge is 0.326 e. The van der Waals surface area contributed by atoms with Gasteiger partial charge in [0.1, 0.15) is 10.4 Å². The van der Waals surface area contributed by atoms with E-state index in [4.69, 9.17) is 18.0 Å². The van der Waals surface area contributed by atoms with Crippen molar-refractivity contribution in [2.45, 2.75) is 18.9 Å². The average molecular weight is 421 g/mol. The molecule has 1 atom stereocenters. The zero-order valence-corrected chi connectivity index (χ0v) is 15.9. The lowest BCUT2D eigenvalue weighted by Crippen LogP contribution is -2.44. The summed E-state index contributed by atoms with van der Waals surface area (Å²) < 4.78 is 0.0483. The summed E-state index contributed by atoms with van der Waals surface area (Å²) in [5.41, 5.74) is 5.31. The van der Waals surface area contributed by atoms with Crippen molar-refractivity contribution in [2.24, 2.45) is 5.73 Å². The molecule has 0 spiro atoms. The number of rotatable bonds is 8. The summed E-state index contributed by atoms with van der Waals surface area (Å²) in [6.07, 6.45) is 3.96. The van der Waals surface area contributed by atoms with Crippen LogP contribution in [0.25, 0.3) is 6.08 Å². The summed E-state index contributed by atoms with van der Waals surface area (Å²) in [5, 5.41) is 20.4. The predicted molar refractivity (Wildman–Crippen MR) is 107 cm³/mol. The minimum Gasteiger partial charge on any atom is -0.480 e. The Labute approximate surface area is 169 Å². The number of carbonyl (C=O) groups is 3. The summed E-state index contributed by atoms with van der Waals surface area (Å²) in [6, 6.07) is 4.79. The standard InChI is InChI=1S/C17H15N3O6S2/c18-14(21)9-8-12(16(23)24)19-15(22)13(28-17(19)27)7-3-5-10-4-1-2-6-11(10)20(25)26/h1-7,12H,8-9H2,(H2,18,21)(H,23,24)/b5-3+,13-7-. The molecule has 1 saturated heterocycles. The molecular weight excluding hydrogens is 406 g/mol. The molecule has 146 valence electrons. The second-order valence-corrected chi connectivity index (χ2v) is 7.28. The molecule has 1 fully saturated rings. The fourth-order valence-electron chi connectivity index (χ4n) is 2.44. The van der Waals surface area contributed by atoms with Crippen LogP contribution in [0.15, 0.2) is 41.3 Å². The van der Waals surface area contributed by atoms with E-state index in [1.165, 1.54) is 24.3 Å². The monoisotopic (exact) mass is 421 g/mol. The van der Waals surface area contributed by atoms with Gasteiger partial charge in [-0.15, -0.1) is 0 Å². The fraction of sp³-hybridized carbons (Fsp3) is 0.176. The third kappa shape index (κ3) is 5.02. The van der Waals surface area contributed by atoms with Crippen molar-refractivity contribution >= 4 is 57.8 Å². The first kappa shape index (κ1) is 21.3. The molecule has 1 aromatic carbocycles. The normalized spacial score (nSPS) is 16.7. The summed E-state index contributed by atoms with van der Waals surface area (Å²) in [7, 11) is 0. The Bertz CT molecular complexity index is 912. The summed E-state index contributed by atoms with van der Waals surface area (Å²) in [5.74, 6) is -2.59. The van der Waals surface area contributed by atoms with Crippen LogP contribution in [0.3, 0.4) is 0 Å². The number of nitro benzene ring substituents is 1. The molecule has 28 heavy (non-hydrogen) atoms. The molecule has 1 aliphatic heterocycles. The van der Waals surface area contributed by atoms with Gasteiger partial charge in [0, 0.05) is 12.5 Å². The van der Waals surface area contributed by atoms with E-state index in [9.17, 15) is 29.6 Å². The molecule has 3 N–H and O–H groups in total. The molecule has 1 heterocycles. The third-order valence-corrected chi connectivity index (χ3v) is 5.09. The molecule has 0 aliphatic carbocycles. The zero-order chi connectivity index (χ0) is 20.8. The second-order valence-electron chi connectivity index (χ2n) is 5.61. The quantitative estimate of drug-likeness (QED) is 0.281. The van der Waals surface area contributed by atoms with Crippen molar-refractivity contribution in [1.82, 2.24) is 4.90 Å². The molecule has 0 aromatic heterocycles. The maximum absolute atomic E-state index is 12.6. The molecule has 1 aromatic rings. The number of carboxylic acids is 1. The van der Waals surface area contributed by atoms with Crippen LogP contribution >= 0.6 is 24.0 Å². The van der Waals surface area contributed by atoms with E-state index in [1.807, 2.05) is 0 Å². The first-order valence-electron chi connectivity index (χ1n) is 7.90. The highest BCUT2D eigenvalue weighted by Gasteiger charge is 2.40. The highest BCUT2D eigenvalue weighted by Crippen LogP contribution is 2.33. The van der Waals surface area contributed by atoms with Gasteiger partial charge in [0.15, 0.2) is 0 Å². The molecule has 1 aliphatic rings. The van der Waals surface area contributed by atoms with Crippen LogP contribution in [-0.2, 0) is 14.4 Å². The van der Waals surface area contributed by atoms with Gasteiger partial charge in [-0.2, -0.15) is 0 Å². The highest BCUT2D eigenvalue weighted by atomic mass is 32.2. The van der Waals surface area contributed by atoms with E-state index in [-0.39, 0.29) is 27.8 Å². The number of nitro groups is 1. The van der Waals surface area contributed by atoms with Gasteiger partial charge in [0.25, 0.3) is 11.6 Å². The van der Waals surface area contributed by atoms with E-state index >= 15 is 0 Å². The van der Waals surface area contributed by atoms with E-state index in [0.29, 0.717) is 5.56 Å². The van der Waals surface area contributed by atoms with Crippen LogP contribution in [0.4, 0.5) is 5.69 Å². The lowest BCUT2D eigenvalue weighted by molar-refractivity contribution is -0.385. The third-order valence-electron chi connectivity index (χ3n) is 3.74. The van der Waals surface area contributed by atoms with Crippen LogP contribution in [0.1, 0.15) is 18.4 Å². The van der Waals surface area contributed by atoms with Crippen molar-refractivity contribution < 1.29 is 24.4 Å². The number of aliphatic carboxylic acids is 1. The average Bonchev–Trinajstić information content (AvgIpc) is 2.89. The van der Waals surface area contributed by atoms with Crippen LogP contribution in [0, 0.1) is 10.1 Å². The molecule has 11 heteroatoms. The Kier molecular flexibility index (Phi) is 7.01. The maximum atomic E-state index is 12.6. The molecule has 0 radical (unpaired) electrons. The number of carboxylic acid groups (broad SMARTS) is 1. The number of para-hydroxylation sites is 1. The zero-order valence-electron chi connectivity index (χ0n) is 14.3. The Balaban J connectivity index is 2.21. The summed E-state index contributed by atoms with van der Waals surface area (Å²) in [6.45, 7) is 0. The maximum Gasteiger partial charge on any atom is 0.326 e. The van der Waals surface area contributed by atoms with Crippen LogP contribution in [0.2, 0.25) is 0 Å². The molecule has 0 saturated carbocycles. The van der Waals surface area contributed by atoms with Gasteiger partial charge in [0.05, 0.1) is 15.4 Å². The van der Waals surface area contributed by atoms with Crippen LogP contribution in [0.5, 0.6) is 0 Å². The first-order valence-corrected chi connectivity index (χ1v) is 9.13. The largest absolute Gasteiger partial charge is 0.480 e. The number of nitrogens with two attached hydrogens (primary N) is 1. The number of allylic oxidation sites excluding steroid dienone is 2. The Morgan fingerprint density at radius 3 is 2.68 bits per heavy atom. The number of primary amides is 1. The topological polar surface area (TPSA) is 144 Å². The lowest BCUT2D eigenvalue weighted by Gasteiger charge is -2.22. The van der Waals surface area contributed by atoms with Gasteiger partial charge in [0.2, 0.25) is 5.91 Å². The second kappa shape index (κ2) is 9.24. The van der Waals surface area contributed by atoms with Crippen molar-refractivity contribution in [3.8, 4) is 0 Å². The number of thiocarbonyl (C=S) groups is 1. The molecular formula is C17H15N3O6S2. The number of nitrogens with zero attached hydrogens (tertiary/aromatic N) is 2. The minimum absolute atomic E-state index is 0.0483. The van der Waals surface area contributed by atoms with Gasteiger partial charge >= 0.3 is 5.97 Å². The van der Waals surface area contributed by atoms with Crippen LogP contribution < -0.4 is 5.73 Å². The summed E-state index contributed by atoms with van der Waals surface area (Å²) >= 11 is 6.01. The fourth-order valence-corrected chi connectivity index (χ4v) is 3.75. The van der Waals surface area contributed by atoms with Crippen molar-refractivity contribution in [3.05, 3.63) is 57.0 Å². The number of hydrogen-bond acceptors (Lipinski definition) is 7. The van der Waals surface area contributed by atoms with Gasteiger partial charge < -0.3 is 10.8 Å².